The summed E-state index contributed by atoms with van der Waals surface area (Å²) < 4.78 is 25.9. The van der Waals surface area contributed by atoms with Crippen molar-refractivity contribution in [1.82, 2.24) is 0 Å². The molecule has 3 atom stereocenters. The molecule has 0 saturated heterocycles. The van der Waals surface area contributed by atoms with Gasteiger partial charge < -0.3 is 4.79 Å². The Morgan fingerprint density at radius 3 is 2.21 bits per heavy atom. The van der Waals surface area contributed by atoms with Gasteiger partial charge in [0.15, 0.2) is 9.84 Å². The second-order valence-electron chi connectivity index (χ2n) is 5.97. The number of nitrogens with zero attached hydrogens (tertiary/aromatic N) is 1. The Balaban J connectivity index is 2.08. The highest BCUT2D eigenvalue weighted by atomic mass is 35.5. The molecule has 6 heteroatoms. The quantitative estimate of drug-likeness (QED) is 0.785. The maximum absolute atomic E-state index is 12.9. The van der Waals surface area contributed by atoms with Gasteiger partial charge in [-0.2, -0.15) is 5.26 Å². The minimum Gasteiger partial charge on any atom is -0.302 e. The van der Waals surface area contributed by atoms with Gasteiger partial charge in [0.05, 0.1) is 11.0 Å². The van der Waals surface area contributed by atoms with Gasteiger partial charge in [-0.15, -0.1) is 0 Å². The summed E-state index contributed by atoms with van der Waals surface area (Å²) in [6.45, 7) is 1.91. The van der Waals surface area contributed by atoms with Gasteiger partial charge in [0.2, 0.25) is 0 Å². The summed E-state index contributed by atoms with van der Waals surface area (Å²) in [6.07, 6.45) is 0.468. The molecule has 0 bridgehead atoms. The van der Waals surface area contributed by atoms with Crippen LogP contribution in [0.2, 0.25) is 5.02 Å². The van der Waals surface area contributed by atoms with E-state index in [9.17, 15) is 18.5 Å². The molecule has 24 heavy (non-hydrogen) atoms. The fraction of sp³-hybridized carbons (Fsp3) is 0.222. The molecule has 1 fully saturated rings. The number of aryl methyl sites for hydroxylation is 1. The molecular formula is C18H14ClNO3S. The zero-order chi connectivity index (χ0) is 17.5. The molecule has 0 aromatic heterocycles. The highest BCUT2D eigenvalue weighted by molar-refractivity contribution is 7.92. The Morgan fingerprint density at radius 2 is 1.71 bits per heavy atom. The van der Waals surface area contributed by atoms with Crippen LogP contribution < -0.4 is 0 Å². The van der Waals surface area contributed by atoms with E-state index in [0.717, 1.165) is 5.56 Å². The Bertz CT molecular complexity index is 930. The molecule has 4 nitrogen and oxygen atoms in total. The van der Waals surface area contributed by atoms with Crippen molar-refractivity contribution < 1.29 is 13.2 Å². The van der Waals surface area contributed by atoms with Crippen molar-refractivity contribution in [3.8, 4) is 6.07 Å². The summed E-state index contributed by atoms with van der Waals surface area (Å²) in [6, 6.07) is 14.9. The fourth-order valence-electron chi connectivity index (χ4n) is 3.11. The van der Waals surface area contributed by atoms with E-state index in [2.05, 4.69) is 0 Å². The maximum atomic E-state index is 12.9. The molecule has 1 aliphatic rings. The van der Waals surface area contributed by atoms with Crippen LogP contribution in [0.1, 0.15) is 17.0 Å². The highest BCUT2D eigenvalue weighted by Gasteiger charge is 2.72. The van der Waals surface area contributed by atoms with E-state index >= 15 is 0 Å². The van der Waals surface area contributed by atoms with Gasteiger partial charge in [-0.25, -0.2) is 8.42 Å². The zero-order valence-electron chi connectivity index (χ0n) is 12.8. The molecule has 1 saturated carbocycles. The number of carbonyl (C=O) groups is 1. The van der Waals surface area contributed by atoms with E-state index in [1.54, 1.807) is 12.1 Å². The van der Waals surface area contributed by atoms with Crippen LogP contribution in [-0.2, 0) is 14.6 Å². The van der Waals surface area contributed by atoms with Gasteiger partial charge in [-0.05, 0) is 36.8 Å². The van der Waals surface area contributed by atoms with Crippen molar-refractivity contribution in [2.45, 2.75) is 23.0 Å². The topological polar surface area (TPSA) is 75.0 Å². The lowest BCUT2D eigenvalue weighted by Crippen LogP contribution is -2.16. The largest absolute Gasteiger partial charge is 0.302 e. The second kappa shape index (κ2) is 5.73. The Morgan fingerprint density at radius 1 is 1.12 bits per heavy atom. The molecule has 0 heterocycles. The van der Waals surface area contributed by atoms with Gasteiger partial charge in [-0.1, -0.05) is 41.4 Å². The van der Waals surface area contributed by atoms with Crippen LogP contribution in [0.3, 0.4) is 0 Å². The van der Waals surface area contributed by atoms with Crippen LogP contribution in [0.4, 0.5) is 0 Å². The van der Waals surface area contributed by atoms with E-state index in [4.69, 9.17) is 11.6 Å². The molecule has 2 aromatic carbocycles. The van der Waals surface area contributed by atoms with Crippen molar-refractivity contribution in [2.75, 3.05) is 0 Å². The number of hydrogen-bond donors (Lipinski definition) is 0. The predicted octanol–water partition coefficient (Wildman–Crippen LogP) is 3.30. The SMILES string of the molecule is Cc1ccc([C@@H]2[C@H](S(=O)(=O)c3ccc(Cl)cc3)[C@]2(C#N)C=O)cc1. The first-order chi connectivity index (χ1) is 11.4. The number of sulfone groups is 1. The average Bonchev–Trinajstić information content (AvgIpc) is 3.26. The van der Waals surface area contributed by atoms with Gasteiger partial charge in [0.25, 0.3) is 0 Å². The molecule has 0 radical (unpaired) electrons. The van der Waals surface area contributed by atoms with Crippen molar-refractivity contribution in [2.24, 2.45) is 5.41 Å². The normalized spacial score (nSPS) is 25.7. The van der Waals surface area contributed by atoms with Crippen molar-refractivity contribution in [3.63, 3.8) is 0 Å². The summed E-state index contributed by atoms with van der Waals surface area (Å²) >= 11 is 5.80. The van der Waals surface area contributed by atoms with E-state index in [0.29, 0.717) is 16.9 Å². The molecule has 0 amide bonds. The number of nitriles is 1. The molecule has 0 aliphatic heterocycles. The number of carbonyl (C=O) groups excluding carboxylic acids is 1. The van der Waals surface area contributed by atoms with Crippen LogP contribution in [-0.4, -0.2) is 20.0 Å². The molecule has 1 aliphatic carbocycles. The van der Waals surface area contributed by atoms with Crippen LogP contribution in [0.15, 0.2) is 53.4 Å². The Kier molecular flexibility index (Phi) is 3.98. The summed E-state index contributed by atoms with van der Waals surface area (Å²) in [5, 5.41) is 8.83. The molecule has 0 unspecified atom stereocenters. The van der Waals surface area contributed by atoms with Crippen molar-refractivity contribution in [3.05, 3.63) is 64.7 Å². The number of benzene rings is 2. The minimum atomic E-state index is -3.83. The second-order valence-corrected chi connectivity index (χ2v) is 8.48. The standard InChI is InChI=1S/C18H14ClNO3S/c1-12-2-4-13(5-3-12)16-17(18(16,10-20)11-21)24(22,23)15-8-6-14(19)7-9-15/h2-9,11,16-17H,1H3/t16-,17+,18-/m1/s1. The third kappa shape index (κ3) is 2.43. The molecule has 2 aromatic rings. The predicted molar refractivity (Wildman–Crippen MR) is 90.5 cm³/mol. The molecule has 122 valence electrons. The van der Waals surface area contributed by atoms with Crippen LogP contribution in [0.25, 0.3) is 0 Å². The zero-order valence-corrected chi connectivity index (χ0v) is 14.4. The van der Waals surface area contributed by atoms with Gasteiger partial charge in [0, 0.05) is 10.9 Å². The Labute approximate surface area is 145 Å². The highest BCUT2D eigenvalue weighted by Crippen LogP contribution is 2.62. The molecule has 0 N–H and O–H groups in total. The van der Waals surface area contributed by atoms with Crippen LogP contribution in [0.5, 0.6) is 0 Å². The van der Waals surface area contributed by atoms with E-state index in [1.807, 2.05) is 25.1 Å². The van der Waals surface area contributed by atoms with Gasteiger partial charge in [0.1, 0.15) is 17.0 Å². The molecule has 0 spiro atoms. The van der Waals surface area contributed by atoms with E-state index in [1.165, 1.54) is 24.3 Å². The van der Waals surface area contributed by atoms with E-state index < -0.39 is 26.4 Å². The fourth-order valence-corrected chi connectivity index (χ4v) is 5.47. The lowest BCUT2D eigenvalue weighted by molar-refractivity contribution is -0.110. The third-order valence-corrected chi connectivity index (χ3v) is 6.99. The molecule has 3 rings (SSSR count). The summed E-state index contributed by atoms with van der Waals surface area (Å²) in [4.78, 5) is 11.7. The summed E-state index contributed by atoms with van der Waals surface area (Å²) in [5.74, 6) is -0.665. The smallest absolute Gasteiger partial charge is 0.183 e. The first kappa shape index (κ1) is 16.7. The third-order valence-electron chi connectivity index (χ3n) is 4.48. The van der Waals surface area contributed by atoms with Crippen molar-refractivity contribution in [1.29, 1.82) is 5.26 Å². The molecular weight excluding hydrogens is 346 g/mol. The first-order valence-corrected chi connectivity index (χ1v) is 9.23. The van der Waals surface area contributed by atoms with Crippen molar-refractivity contribution >= 4 is 27.7 Å². The monoisotopic (exact) mass is 359 g/mol. The summed E-state index contributed by atoms with van der Waals surface area (Å²) in [5.41, 5.74) is 0.148. The number of rotatable bonds is 4. The van der Waals surface area contributed by atoms with Gasteiger partial charge >= 0.3 is 0 Å². The van der Waals surface area contributed by atoms with Crippen LogP contribution >= 0.6 is 11.6 Å². The lowest BCUT2D eigenvalue weighted by Gasteiger charge is -2.04. The first-order valence-electron chi connectivity index (χ1n) is 7.30. The Hall–Kier alpha value is -2.16. The minimum absolute atomic E-state index is 0.0630. The maximum Gasteiger partial charge on any atom is 0.183 e. The van der Waals surface area contributed by atoms with E-state index in [-0.39, 0.29) is 4.90 Å². The van der Waals surface area contributed by atoms with Gasteiger partial charge in [-0.3, -0.25) is 0 Å². The lowest BCUT2D eigenvalue weighted by atomic mass is 10.0. The average molecular weight is 360 g/mol. The van der Waals surface area contributed by atoms with Crippen LogP contribution in [0, 0.1) is 23.7 Å². The number of aldehydes is 1. The summed E-state index contributed by atoms with van der Waals surface area (Å²) in [7, 11) is -3.83. The number of halogens is 1. The number of hydrogen-bond acceptors (Lipinski definition) is 4.